The van der Waals surface area contributed by atoms with E-state index in [1.54, 1.807) is 0 Å². The Balaban J connectivity index is 1.85. The number of nitrogens with two attached hydrogens (primary N) is 1. The molecule has 0 aliphatic rings. The van der Waals surface area contributed by atoms with Gasteiger partial charge in [0.2, 0.25) is 11.7 Å². The number of benzene rings is 1. The van der Waals surface area contributed by atoms with Gasteiger partial charge in [-0.05, 0) is 25.5 Å². The first-order valence-electron chi connectivity index (χ1n) is 6.29. The molecule has 0 saturated heterocycles. The van der Waals surface area contributed by atoms with Crippen LogP contribution in [-0.4, -0.2) is 16.2 Å². The number of fused-ring (bicyclic) bond motifs is 1. The number of nitrogens with zero attached hydrogens (tertiary/aromatic N) is 2. The number of furan rings is 1. The second-order valence-electron chi connectivity index (χ2n) is 4.68. The van der Waals surface area contributed by atoms with Crippen molar-refractivity contribution >= 4 is 11.0 Å². The standard InChI is InChI=1S/C14H15N3O2/c1-9(15)6-7-13-16-14(17-19-13)12-8-10-4-2-3-5-11(10)18-12/h2-5,8-9H,6-7,15H2,1H3. The van der Waals surface area contributed by atoms with E-state index < -0.39 is 0 Å². The van der Waals surface area contributed by atoms with Crippen molar-refractivity contribution in [3.8, 4) is 11.6 Å². The Labute approximate surface area is 110 Å². The molecule has 19 heavy (non-hydrogen) atoms. The van der Waals surface area contributed by atoms with Crippen molar-refractivity contribution in [2.45, 2.75) is 25.8 Å². The van der Waals surface area contributed by atoms with Crippen LogP contribution < -0.4 is 5.73 Å². The van der Waals surface area contributed by atoms with Crippen molar-refractivity contribution in [3.05, 3.63) is 36.2 Å². The number of hydrogen-bond acceptors (Lipinski definition) is 5. The van der Waals surface area contributed by atoms with Gasteiger partial charge in [0.05, 0.1) is 0 Å². The molecule has 2 N–H and O–H groups in total. The summed E-state index contributed by atoms with van der Waals surface area (Å²) < 4.78 is 10.9. The summed E-state index contributed by atoms with van der Waals surface area (Å²) in [6.07, 6.45) is 1.51. The molecule has 1 unspecified atom stereocenters. The summed E-state index contributed by atoms with van der Waals surface area (Å²) in [4.78, 5) is 4.32. The van der Waals surface area contributed by atoms with Gasteiger partial charge in [-0.15, -0.1) is 0 Å². The van der Waals surface area contributed by atoms with E-state index in [2.05, 4.69) is 10.1 Å². The first-order valence-corrected chi connectivity index (χ1v) is 6.29. The van der Waals surface area contributed by atoms with E-state index in [4.69, 9.17) is 14.7 Å². The molecular weight excluding hydrogens is 242 g/mol. The maximum absolute atomic E-state index is 5.70. The predicted octanol–water partition coefficient (Wildman–Crippen LogP) is 2.76. The highest BCUT2D eigenvalue weighted by Crippen LogP contribution is 2.25. The summed E-state index contributed by atoms with van der Waals surface area (Å²) in [6, 6.07) is 9.83. The van der Waals surface area contributed by atoms with E-state index in [0.717, 1.165) is 17.4 Å². The first-order chi connectivity index (χ1) is 9.22. The first kappa shape index (κ1) is 11.9. The van der Waals surface area contributed by atoms with Crippen LogP contribution in [0.4, 0.5) is 0 Å². The Morgan fingerprint density at radius 1 is 1.32 bits per heavy atom. The molecule has 98 valence electrons. The largest absolute Gasteiger partial charge is 0.453 e. The van der Waals surface area contributed by atoms with Crippen LogP contribution in [0.5, 0.6) is 0 Å². The zero-order chi connectivity index (χ0) is 13.2. The molecule has 0 saturated carbocycles. The van der Waals surface area contributed by atoms with Gasteiger partial charge in [-0.1, -0.05) is 23.4 Å². The van der Waals surface area contributed by atoms with Gasteiger partial charge in [-0.2, -0.15) is 4.98 Å². The summed E-state index contributed by atoms with van der Waals surface area (Å²) in [6.45, 7) is 1.95. The van der Waals surface area contributed by atoms with Gasteiger partial charge in [-0.25, -0.2) is 0 Å². The molecule has 5 heteroatoms. The number of rotatable bonds is 4. The van der Waals surface area contributed by atoms with Gasteiger partial charge in [0, 0.05) is 17.8 Å². The highest BCUT2D eigenvalue weighted by Gasteiger charge is 2.13. The fourth-order valence-corrected chi connectivity index (χ4v) is 1.90. The number of hydrogen-bond donors (Lipinski definition) is 1. The molecule has 0 amide bonds. The Bertz CT molecular complexity index is 652. The highest BCUT2D eigenvalue weighted by molar-refractivity contribution is 5.81. The van der Waals surface area contributed by atoms with Crippen LogP contribution >= 0.6 is 0 Å². The van der Waals surface area contributed by atoms with E-state index >= 15 is 0 Å². The molecular formula is C14H15N3O2. The molecule has 2 heterocycles. The maximum Gasteiger partial charge on any atom is 0.238 e. The lowest BCUT2D eigenvalue weighted by Crippen LogP contribution is -2.15. The Hall–Kier alpha value is -2.14. The zero-order valence-electron chi connectivity index (χ0n) is 10.7. The van der Waals surface area contributed by atoms with E-state index in [0.29, 0.717) is 23.9 Å². The van der Waals surface area contributed by atoms with Crippen molar-refractivity contribution in [2.24, 2.45) is 5.73 Å². The summed E-state index contributed by atoms with van der Waals surface area (Å²) in [7, 11) is 0. The van der Waals surface area contributed by atoms with Crippen LogP contribution in [0.1, 0.15) is 19.2 Å². The van der Waals surface area contributed by atoms with Crippen molar-refractivity contribution < 1.29 is 8.94 Å². The fraction of sp³-hybridized carbons (Fsp3) is 0.286. The number of aryl methyl sites for hydroxylation is 1. The average Bonchev–Trinajstić information content (AvgIpc) is 3.02. The molecule has 0 radical (unpaired) electrons. The third-order valence-electron chi connectivity index (χ3n) is 2.93. The lowest BCUT2D eigenvalue weighted by molar-refractivity contribution is 0.372. The van der Waals surface area contributed by atoms with Crippen LogP contribution in [0.25, 0.3) is 22.6 Å². The van der Waals surface area contributed by atoms with E-state index in [1.807, 2.05) is 37.3 Å². The number of para-hydroxylation sites is 1. The van der Waals surface area contributed by atoms with E-state index in [1.165, 1.54) is 0 Å². The minimum Gasteiger partial charge on any atom is -0.453 e. The van der Waals surface area contributed by atoms with Gasteiger partial charge in [0.15, 0.2) is 5.76 Å². The van der Waals surface area contributed by atoms with Gasteiger partial charge in [-0.3, -0.25) is 0 Å². The topological polar surface area (TPSA) is 78.1 Å². The highest BCUT2D eigenvalue weighted by atomic mass is 16.5. The normalized spacial score (nSPS) is 12.9. The lowest BCUT2D eigenvalue weighted by Gasteiger charge is -1.99. The van der Waals surface area contributed by atoms with Crippen LogP contribution in [-0.2, 0) is 6.42 Å². The zero-order valence-corrected chi connectivity index (χ0v) is 10.7. The summed E-state index contributed by atoms with van der Waals surface area (Å²) in [5, 5.41) is 4.97. The molecule has 2 aromatic heterocycles. The van der Waals surface area contributed by atoms with Gasteiger partial charge in [0.1, 0.15) is 5.58 Å². The summed E-state index contributed by atoms with van der Waals surface area (Å²) in [5.74, 6) is 1.70. The molecule has 0 aliphatic heterocycles. The molecule has 3 rings (SSSR count). The van der Waals surface area contributed by atoms with Gasteiger partial charge >= 0.3 is 0 Å². The fourth-order valence-electron chi connectivity index (χ4n) is 1.90. The number of aromatic nitrogens is 2. The molecule has 0 fully saturated rings. The van der Waals surface area contributed by atoms with Crippen molar-refractivity contribution in [1.29, 1.82) is 0 Å². The SMILES string of the molecule is CC(N)CCc1nc(-c2cc3ccccc3o2)no1. The quantitative estimate of drug-likeness (QED) is 0.777. The minimum atomic E-state index is 0.126. The maximum atomic E-state index is 5.70. The molecule has 0 spiro atoms. The van der Waals surface area contributed by atoms with Gasteiger partial charge in [0.25, 0.3) is 0 Å². The molecule has 1 aromatic carbocycles. The third kappa shape index (κ3) is 2.51. The van der Waals surface area contributed by atoms with Crippen LogP contribution in [0, 0.1) is 0 Å². The second kappa shape index (κ2) is 4.85. The molecule has 1 atom stereocenters. The van der Waals surface area contributed by atoms with Crippen molar-refractivity contribution in [1.82, 2.24) is 10.1 Å². The summed E-state index contributed by atoms with van der Waals surface area (Å²) in [5.41, 5.74) is 6.52. The van der Waals surface area contributed by atoms with E-state index in [9.17, 15) is 0 Å². The minimum absolute atomic E-state index is 0.126. The van der Waals surface area contributed by atoms with Gasteiger partial charge < -0.3 is 14.7 Å². The lowest BCUT2D eigenvalue weighted by atomic mass is 10.2. The van der Waals surface area contributed by atoms with Crippen molar-refractivity contribution in [2.75, 3.05) is 0 Å². The Morgan fingerprint density at radius 2 is 2.16 bits per heavy atom. The van der Waals surface area contributed by atoms with Crippen molar-refractivity contribution in [3.63, 3.8) is 0 Å². The molecule has 3 aromatic rings. The van der Waals surface area contributed by atoms with Crippen LogP contribution in [0.3, 0.4) is 0 Å². The van der Waals surface area contributed by atoms with Crippen LogP contribution in [0.15, 0.2) is 39.3 Å². The Kier molecular flexibility index (Phi) is 3.05. The predicted molar refractivity (Wildman–Crippen MR) is 71.5 cm³/mol. The molecule has 0 aliphatic carbocycles. The van der Waals surface area contributed by atoms with E-state index in [-0.39, 0.29) is 6.04 Å². The second-order valence-corrected chi connectivity index (χ2v) is 4.68. The monoisotopic (exact) mass is 257 g/mol. The molecule has 5 nitrogen and oxygen atoms in total. The smallest absolute Gasteiger partial charge is 0.238 e. The molecule has 0 bridgehead atoms. The summed E-state index contributed by atoms with van der Waals surface area (Å²) >= 11 is 0. The average molecular weight is 257 g/mol. The van der Waals surface area contributed by atoms with Crippen LogP contribution in [0.2, 0.25) is 0 Å². The Morgan fingerprint density at radius 3 is 2.95 bits per heavy atom. The third-order valence-corrected chi connectivity index (χ3v) is 2.93.